The lowest BCUT2D eigenvalue weighted by molar-refractivity contribution is -0.131. The second-order valence-corrected chi connectivity index (χ2v) is 8.20. The van der Waals surface area contributed by atoms with E-state index in [2.05, 4.69) is 10.9 Å². The van der Waals surface area contributed by atoms with E-state index in [1.807, 2.05) is 13.8 Å². The van der Waals surface area contributed by atoms with Gasteiger partial charge in [-0.15, -0.1) is 0 Å². The van der Waals surface area contributed by atoms with Crippen molar-refractivity contribution in [1.29, 1.82) is 0 Å². The molecule has 1 aromatic carbocycles. The third-order valence-electron chi connectivity index (χ3n) is 3.85. The number of benzene rings is 1. The predicted octanol–water partition coefficient (Wildman–Crippen LogP) is 1.17. The molecular weight excluding hydrogens is 349 g/mol. The maximum Gasteiger partial charge on any atom is 0.256 e. The van der Waals surface area contributed by atoms with E-state index < -0.39 is 32.7 Å². The Kier molecular flexibility index (Phi) is 6.12. The van der Waals surface area contributed by atoms with Gasteiger partial charge in [-0.2, -0.15) is 4.31 Å². The van der Waals surface area contributed by atoms with Crippen LogP contribution in [-0.2, 0) is 19.6 Å². The van der Waals surface area contributed by atoms with Gasteiger partial charge in [-0.1, -0.05) is 26.0 Å². The minimum Gasteiger partial charge on any atom is -0.273 e. The van der Waals surface area contributed by atoms with E-state index >= 15 is 0 Å². The molecule has 1 aliphatic heterocycles. The zero-order valence-electron chi connectivity index (χ0n) is 14.2. The molecule has 0 spiro atoms. The second kappa shape index (κ2) is 7.92. The molecule has 0 bridgehead atoms. The standard InChI is InChI=1S/C16H22FN3O4S/c1-11(2)10-15(21)18-19-16(22)13-7-5-9-20(13)25(23,24)14-8-4-3-6-12(14)17/h3-4,6,8,11,13H,5,7,9-10H2,1-2H3,(H,18,21)(H,19,22). The Labute approximate surface area is 146 Å². The van der Waals surface area contributed by atoms with E-state index in [0.717, 1.165) is 10.4 Å². The van der Waals surface area contributed by atoms with Crippen LogP contribution in [0.1, 0.15) is 33.1 Å². The first-order valence-corrected chi connectivity index (χ1v) is 9.52. The number of sulfonamides is 1. The van der Waals surface area contributed by atoms with Gasteiger partial charge >= 0.3 is 0 Å². The predicted molar refractivity (Wildman–Crippen MR) is 89.1 cm³/mol. The second-order valence-electron chi connectivity index (χ2n) is 6.34. The Balaban J connectivity index is 2.10. The van der Waals surface area contributed by atoms with Crippen LogP contribution in [0, 0.1) is 11.7 Å². The van der Waals surface area contributed by atoms with Gasteiger partial charge in [-0.3, -0.25) is 20.4 Å². The molecule has 1 heterocycles. The molecule has 7 nitrogen and oxygen atoms in total. The van der Waals surface area contributed by atoms with Crippen LogP contribution >= 0.6 is 0 Å². The van der Waals surface area contributed by atoms with Crippen molar-refractivity contribution in [3.63, 3.8) is 0 Å². The van der Waals surface area contributed by atoms with Crippen molar-refractivity contribution in [3.05, 3.63) is 30.1 Å². The first kappa shape index (κ1) is 19.3. The van der Waals surface area contributed by atoms with Gasteiger partial charge in [-0.25, -0.2) is 12.8 Å². The molecule has 138 valence electrons. The summed E-state index contributed by atoms with van der Waals surface area (Å²) in [5, 5.41) is 0. The Bertz CT molecular complexity index is 752. The Morgan fingerprint density at radius 1 is 1.28 bits per heavy atom. The number of nitrogens with one attached hydrogen (secondary N) is 2. The molecule has 2 amide bonds. The molecule has 0 aromatic heterocycles. The minimum atomic E-state index is -4.14. The molecule has 1 aliphatic rings. The van der Waals surface area contributed by atoms with E-state index in [9.17, 15) is 22.4 Å². The molecule has 25 heavy (non-hydrogen) atoms. The molecule has 0 saturated carbocycles. The summed E-state index contributed by atoms with van der Waals surface area (Å²) in [6, 6.07) is 4.07. The highest BCUT2D eigenvalue weighted by Gasteiger charge is 2.40. The van der Waals surface area contributed by atoms with Gasteiger partial charge in [0, 0.05) is 13.0 Å². The zero-order valence-corrected chi connectivity index (χ0v) is 15.0. The van der Waals surface area contributed by atoms with Crippen molar-refractivity contribution in [3.8, 4) is 0 Å². The summed E-state index contributed by atoms with van der Waals surface area (Å²) in [6.45, 7) is 3.84. The summed E-state index contributed by atoms with van der Waals surface area (Å²) in [6.07, 6.45) is 1.02. The van der Waals surface area contributed by atoms with E-state index in [4.69, 9.17) is 0 Å². The van der Waals surface area contributed by atoms with E-state index in [-0.39, 0.29) is 24.8 Å². The molecule has 1 unspecified atom stereocenters. The van der Waals surface area contributed by atoms with Gasteiger partial charge < -0.3 is 0 Å². The topological polar surface area (TPSA) is 95.6 Å². The van der Waals surface area contributed by atoms with Crippen molar-refractivity contribution in [2.24, 2.45) is 5.92 Å². The van der Waals surface area contributed by atoms with Crippen molar-refractivity contribution >= 4 is 21.8 Å². The van der Waals surface area contributed by atoms with E-state index in [1.54, 1.807) is 0 Å². The summed E-state index contributed by atoms with van der Waals surface area (Å²) in [7, 11) is -4.14. The highest BCUT2D eigenvalue weighted by Crippen LogP contribution is 2.27. The zero-order chi connectivity index (χ0) is 18.6. The molecule has 1 aromatic rings. The number of carbonyl (C=O) groups is 2. The third kappa shape index (κ3) is 4.55. The average molecular weight is 371 g/mol. The number of halogens is 1. The van der Waals surface area contributed by atoms with E-state index in [0.29, 0.717) is 12.8 Å². The van der Waals surface area contributed by atoms with Crippen LogP contribution in [0.25, 0.3) is 0 Å². The van der Waals surface area contributed by atoms with Crippen LogP contribution in [0.5, 0.6) is 0 Å². The maximum atomic E-state index is 13.9. The Hall–Kier alpha value is -2.00. The highest BCUT2D eigenvalue weighted by molar-refractivity contribution is 7.89. The summed E-state index contributed by atoms with van der Waals surface area (Å²) >= 11 is 0. The van der Waals surface area contributed by atoms with Crippen LogP contribution in [0.2, 0.25) is 0 Å². The van der Waals surface area contributed by atoms with Gasteiger partial charge in [0.2, 0.25) is 15.9 Å². The molecule has 0 aliphatic carbocycles. The molecule has 1 saturated heterocycles. The number of rotatable bonds is 5. The molecule has 0 radical (unpaired) electrons. The quantitative estimate of drug-likeness (QED) is 0.760. The molecule has 2 N–H and O–H groups in total. The average Bonchev–Trinajstić information content (AvgIpc) is 3.02. The van der Waals surface area contributed by atoms with Gasteiger partial charge in [-0.05, 0) is 30.9 Å². The lowest BCUT2D eigenvalue weighted by Crippen LogP contribution is -2.51. The van der Waals surface area contributed by atoms with Crippen LogP contribution in [-0.4, -0.2) is 37.1 Å². The SMILES string of the molecule is CC(C)CC(=O)NNC(=O)C1CCCN1S(=O)(=O)c1ccccc1F. The Morgan fingerprint density at radius 2 is 1.96 bits per heavy atom. The molecule has 9 heteroatoms. The Morgan fingerprint density at radius 3 is 2.60 bits per heavy atom. The van der Waals surface area contributed by atoms with Crippen molar-refractivity contribution in [2.45, 2.75) is 44.0 Å². The number of hydrogen-bond donors (Lipinski definition) is 2. The van der Waals surface area contributed by atoms with Crippen LogP contribution in [0.4, 0.5) is 4.39 Å². The summed E-state index contributed by atoms with van der Waals surface area (Å²) in [5.41, 5.74) is 4.54. The first-order valence-electron chi connectivity index (χ1n) is 8.08. The molecular formula is C16H22FN3O4S. The van der Waals surface area contributed by atoms with E-state index in [1.165, 1.54) is 18.2 Å². The fourth-order valence-corrected chi connectivity index (χ4v) is 4.43. The molecule has 1 atom stereocenters. The smallest absolute Gasteiger partial charge is 0.256 e. The number of nitrogens with zero attached hydrogens (tertiary/aromatic N) is 1. The lowest BCUT2D eigenvalue weighted by Gasteiger charge is -2.23. The van der Waals surface area contributed by atoms with Crippen molar-refractivity contribution in [1.82, 2.24) is 15.2 Å². The monoisotopic (exact) mass is 371 g/mol. The number of carbonyl (C=O) groups excluding carboxylic acids is 2. The van der Waals surface area contributed by atoms with Crippen LogP contribution < -0.4 is 10.9 Å². The summed E-state index contributed by atoms with van der Waals surface area (Å²) in [4.78, 5) is 23.4. The lowest BCUT2D eigenvalue weighted by atomic mass is 10.1. The largest absolute Gasteiger partial charge is 0.273 e. The normalized spacial score (nSPS) is 18.3. The van der Waals surface area contributed by atoms with Gasteiger partial charge in [0.25, 0.3) is 5.91 Å². The van der Waals surface area contributed by atoms with Crippen molar-refractivity contribution in [2.75, 3.05) is 6.54 Å². The highest BCUT2D eigenvalue weighted by atomic mass is 32.2. The van der Waals surface area contributed by atoms with Crippen LogP contribution in [0.15, 0.2) is 29.2 Å². The van der Waals surface area contributed by atoms with Crippen LogP contribution in [0.3, 0.4) is 0 Å². The summed E-state index contributed by atoms with van der Waals surface area (Å²) in [5.74, 6) is -1.72. The molecule has 2 rings (SSSR count). The number of amides is 2. The first-order chi connectivity index (χ1) is 11.7. The third-order valence-corrected chi connectivity index (χ3v) is 5.79. The fourth-order valence-electron chi connectivity index (χ4n) is 2.71. The minimum absolute atomic E-state index is 0.120. The van der Waals surface area contributed by atoms with Gasteiger partial charge in [0.1, 0.15) is 16.8 Å². The maximum absolute atomic E-state index is 13.9. The van der Waals surface area contributed by atoms with Gasteiger partial charge in [0.05, 0.1) is 0 Å². The van der Waals surface area contributed by atoms with Gasteiger partial charge in [0.15, 0.2) is 0 Å². The fraction of sp³-hybridized carbons (Fsp3) is 0.500. The number of hydrogen-bond acceptors (Lipinski definition) is 4. The summed E-state index contributed by atoms with van der Waals surface area (Å²) < 4.78 is 40.2. The van der Waals surface area contributed by atoms with Crippen molar-refractivity contribution < 1.29 is 22.4 Å². The molecule has 1 fully saturated rings. The number of hydrazine groups is 1.